The van der Waals surface area contributed by atoms with Crippen molar-refractivity contribution in [3.8, 4) is 0 Å². The summed E-state index contributed by atoms with van der Waals surface area (Å²) in [4.78, 5) is 12.9. The van der Waals surface area contributed by atoms with Gasteiger partial charge in [-0.15, -0.1) is 22.0 Å². The molecule has 0 aliphatic heterocycles. The van der Waals surface area contributed by atoms with Gasteiger partial charge in [-0.1, -0.05) is 23.4 Å². The minimum atomic E-state index is -0.0534. The van der Waals surface area contributed by atoms with E-state index in [1.54, 1.807) is 18.7 Å². The topological polar surface area (TPSA) is 85.8 Å². The Morgan fingerprint density at radius 1 is 1.32 bits per heavy atom. The molecule has 0 aliphatic rings. The van der Waals surface area contributed by atoms with Crippen LogP contribution in [0.5, 0.6) is 0 Å². The van der Waals surface area contributed by atoms with Crippen LogP contribution in [0.25, 0.3) is 0 Å². The lowest BCUT2D eigenvalue weighted by Gasteiger charge is -2.05. The van der Waals surface area contributed by atoms with Crippen LogP contribution in [-0.2, 0) is 4.79 Å². The number of thioether (sulfide) groups is 2. The van der Waals surface area contributed by atoms with Gasteiger partial charge in [0.25, 0.3) is 0 Å². The highest BCUT2D eigenvalue weighted by Gasteiger charge is 2.09. The van der Waals surface area contributed by atoms with E-state index in [0.29, 0.717) is 17.5 Å². The van der Waals surface area contributed by atoms with Crippen LogP contribution in [0.3, 0.4) is 0 Å². The molecule has 0 spiro atoms. The van der Waals surface area contributed by atoms with Gasteiger partial charge in [0.1, 0.15) is 5.82 Å². The van der Waals surface area contributed by atoms with Crippen molar-refractivity contribution in [2.24, 2.45) is 0 Å². The molecule has 2 rings (SSSR count). The zero-order chi connectivity index (χ0) is 15.9. The lowest BCUT2D eigenvalue weighted by molar-refractivity contribution is -0.118. The number of benzene rings is 1. The molecule has 3 N–H and O–H groups in total. The van der Waals surface area contributed by atoms with Gasteiger partial charge in [0.15, 0.2) is 0 Å². The third kappa shape index (κ3) is 5.11. The summed E-state index contributed by atoms with van der Waals surface area (Å²) in [6.45, 7) is 2.35. The van der Waals surface area contributed by atoms with Gasteiger partial charge >= 0.3 is 0 Å². The standard InChI is InChI=1S/C13H16ClN5OS2/c1-9-17-18-13(19(9)15)22-8-12(20)16-6-7-21-11-4-2-10(14)3-5-11/h2-5H,6-8,15H2,1H3,(H,16,20). The highest BCUT2D eigenvalue weighted by Crippen LogP contribution is 2.19. The van der Waals surface area contributed by atoms with Crippen molar-refractivity contribution >= 4 is 41.0 Å². The molecule has 9 heteroatoms. The smallest absolute Gasteiger partial charge is 0.230 e. The number of aryl methyl sites for hydroxylation is 1. The maximum atomic E-state index is 11.7. The lowest BCUT2D eigenvalue weighted by atomic mass is 10.4. The molecule has 0 saturated heterocycles. The number of nitrogens with zero attached hydrogens (tertiary/aromatic N) is 3. The Bertz CT molecular complexity index is 632. The number of amides is 1. The van der Waals surface area contributed by atoms with Gasteiger partial charge in [-0.3, -0.25) is 4.79 Å². The van der Waals surface area contributed by atoms with E-state index < -0.39 is 0 Å². The van der Waals surface area contributed by atoms with Gasteiger partial charge in [-0.05, 0) is 31.2 Å². The maximum absolute atomic E-state index is 11.7. The number of hydrogen-bond acceptors (Lipinski definition) is 6. The first-order valence-electron chi connectivity index (χ1n) is 6.51. The molecule has 0 bridgehead atoms. The number of nitrogen functional groups attached to an aromatic ring is 1. The van der Waals surface area contributed by atoms with Crippen LogP contribution in [0.4, 0.5) is 0 Å². The Labute approximate surface area is 142 Å². The Balaban J connectivity index is 1.63. The Morgan fingerprint density at radius 3 is 2.68 bits per heavy atom. The lowest BCUT2D eigenvalue weighted by Crippen LogP contribution is -2.27. The fourth-order valence-corrected chi connectivity index (χ4v) is 3.15. The van der Waals surface area contributed by atoms with Gasteiger partial charge in [0.05, 0.1) is 5.75 Å². The fourth-order valence-electron chi connectivity index (χ4n) is 1.52. The predicted octanol–water partition coefficient (Wildman–Crippen LogP) is 1.95. The first-order valence-corrected chi connectivity index (χ1v) is 8.86. The molecule has 2 aromatic rings. The number of nitrogens with one attached hydrogen (secondary N) is 1. The van der Waals surface area contributed by atoms with Crippen LogP contribution >= 0.6 is 35.1 Å². The van der Waals surface area contributed by atoms with Crippen LogP contribution in [0.2, 0.25) is 5.02 Å². The van der Waals surface area contributed by atoms with Crippen molar-refractivity contribution in [1.82, 2.24) is 20.2 Å². The van der Waals surface area contributed by atoms with Crippen molar-refractivity contribution in [2.75, 3.05) is 23.9 Å². The molecule has 0 fully saturated rings. The van der Waals surface area contributed by atoms with Crippen LogP contribution in [0, 0.1) is 6.92 Å². The first kappa shape index (κ1) is 17.0. The molecule has 22 heavy (non-hydrogen) atoms. The zero-order valence-corrected chi connectivity index (χ0v) is 14.3. The number of aromatic nitrogens is 3. The summed E-state index contributed by atoms with van der Waals surface area (Å²) in [6.07, 6.45) is 0. The highest BCUT2D eigenvalue weighted by atomic mass is 35.5. The summed E-state index contributed by atoms with van der Waals surface area (Å²) >= 11 is 8.75. The third-order valence-corrected chi connectivity index (χ3v) is 4.88. The molecule has 118 valence electrons. The van der Waals surface area contributed by atoms with Crippen molar-refractivity contribution in [3.63, 3.8) is 0 Å². The number of carbonyl (C=O) groups excluding carboxylic acids is 1. The number of carbonyl (C=O) groups is 1. The second kappa shape index (κ2) is 8.30. The Hall–Kier alpha value is -1.38. The molecule has 1 heterocycles. The fraction of sp³-hybridized carbons (Fsp3) is 0.308. The average Bonchev–Trinajstić information content (AvgIpc) is 2.83. The van der Waals surface area contributed by atoms with Crippen molar-refractivity contribution in [2.45, 2.75) is 17.0 Å². The van der Waals surface area contributed by atoms with E-state index in [9.17, 15) is 4.79 Å². The molecule has 0 saturated carbocycles. The van der Waals surface area contributed by atoms with E-state index in [-0.39, 0.29) is 11.7 Å². The molecular weight excluding hydrogens is 342 g/mol. The molecule has 0 unspecified atom stereocenters. The van der Waals surface area contributed by atoms with E-state index in [2.05, 4.69) is 15.5 Å². The minimum absolute atomic E-state index is 0.0534. The van der Waals surface area contributed by atoms with Crippen LogP contribution in [0.1, 0.15) is 5.82 Å². The quantitative estimate of drug-likeness (QED) is 0.447. The molecule has 0 radical (unpaired) electrons. The maximum Gasteiger partial charge on any atom is 0.230 e. The van der Waals surface area contributed by atoms with E-state index >= 15 is 0 Å². The van der Waals surface area contributed by atoms with Crippen LogP contribution in [-0.4, -0.2) is 38.8 Å². The first-order chi connectivity index (χ1) is 10.6. The van der Waals surface area contributed by atoms with Gasteiger partial charge in [0.2, 0.25) is 11.1 Å². The predicted molar refractivity (Wildman–Crippen MR) is 90.8 cm³/mol. The van der Waals surface area contributed by atoms with Gasteiger partial charge in [-0.2, -0.15) is 0 Å². The number of halogens is 1. The van der Waals surface area contributed by atoms with Crippen molar-refractivity contribution in [1.29, 1.82) is 0 Å². The van der Waals surface area contributed by atoms with Crippen molar-refractivity contribution < 1.29 is 4.79 Å². The molecule has 1 aromatic carbocycles. The molecule has 0 atom stereocenters. The second-order valence-corrected chi connectivity index (χ2v) is 6.89. The summed E-state index contributed by atoms with van der Waals surface area (Å²) < 4.78 is 1.37. The number of rotatable bonds is 7. The summed E-state index contributed by atoms with van der Waals surface area (Å²) in [5, 5.41) is 11.8. The van der Waals surface area contributed by atoms with Gasteiger partial charge in [-0.25, -0.2) is 4.68 Å². The van der Waals surface area contributed by atoms with Gasteiger partial charge < -0.3 is 11.2 Å². The molecule has 1 aromatic heterocycles. The van der Waals surface area contributed by atoms with Crippen molar-refractivity contribution in [3.05, 3.63) is 35.1 Å². The minimum Gasteiger partial charge on any atom is -0.355 e. The SMILES string of the molecule is Cc1nnc(SCC(=O)NCCSc2ccc(Cl)cc2)n1N. The largest absolute Gasteiger partial charge is 0.355 e. The van der Waals surface area contributed by atoms with Crippen LogP contribution < -0.4 is 11.2 Å². The highest BCUT2D eigenvalue weighted by molar-refractivity contribution is 7.99. The van der Waals surface area contributed by atoms with E-state index in [1.807, 2.05) is 24.3 Å². The van der Waals surface area contributed by atoms with Gasteiger partial charge in [0, 0.05) is 22.2 Å². The monoisotopic (exact) mass is 357 g/mol. The Morgan fingerprint density at radius 2 is 2.05 bits per heavy atom. The summed E-state index contributed by atoms with van der Waals surface area (Å²) in [6, 6.07) is 7.62. The number of hydrogen-bond donors (Lipinski definition) is 2. The second-order valence-electron chi connectivity index (χ2n) is 4.34. The van der Waals surface area contributed by atoms with E-state index in [4.69, 9.17) is 17.4 Å². The van der Waals surface area contributed by atoms with E-state index in [0.717, 1.165) is 15.7 Å². The zero-order valence-electron chi connectivity index (χ0n) is 12.0. The summed E-state index contributed by atoms with van der Waals surface area (Å²) in [5.41, 5.74) is 0. The van der Waals surface area contributed by atoms with Crippen LogP contribution in [0.15, 0.2) is 34.3 Å². The van der Waals surface area contributed by atoms with E-state index in [1.165, 1.54) is 16.4 Å². The average molecular weight is 358 g/mol. The third-order valence-electron chi connectivity index (χ3n) is 2.67. The molecule has 1 amide bonds. The molecular formula is C13H16ClN5OS2. The molecule has 6 nitrogen and oxygen atoms in total. The Kier molecular flexibility index (Phi) is 6.41. The summed E-state index contributed by atoms with van der Waals surface area (Å²) in [7, 11) is 0. The number of nitrogens with two attached hydrogens (primary N) is 1. The normalized spacial score (nSPS) is 10.6. The summed E-state index contributed by atoms with van der Waals surface area (Å²) in [5.74, 6) is 7.33. The molecule has 0 aliphatic carbocycles.